The zero-order valence-electron chi connectivity index (χ0n) is 19.2. The molecular weight excluding hydrogens is 418 g/mol. The number of aryl methyl sites for hydroxylation is 1. The summed E-state index contributed by atoms with van der Waals surface area (Å²) in [5, 5.41) is 3.56. The highest BCUT2D eigenvalue weighted by Gasteiger charge is 2.55. The van der Waals surface area contributed by atoms with Gasteiger partial charge in [0.05, 0.1) is 7.11 Å². The predicted molar refractivity (Wildman–Crippen MR) is 126 cm³/mol. The number of benzene rings is 2. The fourth-order valence-electron chi connectivity index (χ4n) is 5.26. The largest absolute Gasteiger partial charge is 0.497 e. The van der Waals surface area contributed by atoms with Gasteiger partial charge in [0.25, 0.3) is 5.91 Å². The predicted octanol–water partition coefficient (Wildman–Crippen LogP) is 2.32. The topological polar surface area (TPSA) is 68.4 Å². The normalized spacial score (nSPS) is 25.3. The van der Waals surface area contributed by atoms with E-state index >= 15 is 0 Å². The van der Waals surface area contributed by atoms with Crippen LogP contribution in [-0.2, 0) is 11.2 Å². The lowest BCUT2D eigenvalue weighted by molar-refractivity contribution is -0.138. The van der Waals surface area contributed by atoms with Crippen molar-refractivity contribution in [2.75, 3.05) is 38.7 Å². The van der Waals surface area contributed by atoms with E-state index in [1.807, 2.05) is 36.4 Å². The number of ether oxygens (including phenoxy) is 1. The van der Waals surface area contributed by atoms with Crippen LogP contribution >= 0.6 is 0 Å². The van der Waals surface area contributed by atoms with Crippen LogP contribution in [0.25, 0.3) is 0 Å². The number of carbonyl (C=O) groups excluding carboxylic acids is 2. The fourth-order valence-corrected chi connectivity index (χ4v) is 5.26. The van der Waals surface area contributed by atoms with Crippen molar-refractivity contribution < 1.29 is 14.3 Å². The van der Waals surface area contributed by atoms with Crippen LogP contribution in [0.4, 0.5) is 10.5 Å². The highest BCUT2D eigenvalue weighted by atomic mass is 16.5. The van der Waals surface area contributed by atoms with Crippen LogP contribution in [0, 0.1) is 0 Å². The molecule has 5 rings (SSSR count). The van der Waals surface area contributed by atoms with Gasteiger partial charge in [-0.2, -0.15) is 0 Å². The molecule has 33 heavy (non-hydrogen) atoms. The molecule has 0 radical (unpaired) electrons. The van der Waals surface area contributed by atoms with Gasteiger partial charge in [0.2, 0.25) is 0 Å². The smallest absolute Gasteiger partial charge is 0.327 e. The van der Waals surface area contributed by atoms with Crippen LogP contribution in [-0.4, -0.2) is 78.9 Å². The van der Waals surface area contributed by atoms with Crippen molar-refractivity contribution in [2.24, 2.45) is 0 Å². The molecule has 8 nitrogen and oxygen atoms in total. The summed E-state index contributed by atoms with van der Waals surface area (Å²) in [6.45, 7) is 2.11. The van der Waals surface area contributed by atoms with E-state index < -0.39 is 0 Å². The third-order valence-electron chi connectivity index (χ3n) is 6.94. The summed E-state index contributed by atoms with van der Waals surface area (Å²) >= 11 is 0. The van der Waals surface area contributed by atoms with Crippen molar-refractivity contribution in [3.05, 3.63) is 60.2 Å². The molecule has 3 heterocycles. The number of imide groups is 1. The molecule has 3 atom stereocenters. The Kier molecular flexibility index (Phi) is 5.95. The fraction of sp³-hybridized carbons (Fsp3) is 0.440. The maximum atomic E-state index is 13.6. The van der Waals surface area contributed by atoms with Gasteiger partial charge in [0.1, 0.15) is 24.2 Å². The first-order valence-corrected chi connectivity index (χ1v) is 11.6. The Balaban J connectivity index is 1.34. The summed E-state index contributed by atoms with van der Waals surface area (Å²) in [7, 11) is 3.45. The van der Waals surface area contributed by atoms with Crippen molar-refractivity contribution in [3.63, 3.8) is 0 Å². The molecule has 0 saturated carbocycles. The molecule has 8 heteroatoms. The lowest BCUT2D eigenvalue weighted by atomic mass is 10.1. The Labute approximate surface area is 194 Å². The van der Waals surface area contributed by atoms with Crippen LogP contribution < -0.4 is 15.0 Å². The molecule has 1 N–H and O–H groups in total. The van der Waals surface area contributed by atoms with Gasteiger partial charge >= 0.3 is 6.03 Å². The van der Waals surface area contributed by atoms with E-state index in [9.17, 15) is 9.59 Å². The molecule has 0 spiro atoms. The summed E-state index contributed by atoms with van der Waals surface area (Å²) in [5.74, 6) is 0.701. The second kappa shape index (κ2) is 9.03. The quantitative estimate of drug-likeness (QED) is 0.730. The summed E-state index contributed by atoms with van der Waals surface area (Å²) < 4.78 is 5.41. The monoisotopic (exact) mass is 449 g/mol. The van der Waals surface area contributed by atoms with E-state index in [-0.39, 0.29) is 30.4 Å². The molecule has 3 aliphatic rings. The van der Waals surface area contributed by atoms with Crippen LogP contribution in [0.2, 0.25) is 0 Å². The van der Waals surface area contributed by atoms with Crippen LogP contribution in [0.15, 0.2) is 54.6 Å². The van der Waals surface area contributed by atoms with E-state index in [4.69, 9.17) is 4.74 Å². The number of carbonyl (C=O) groups is 2. The molecule has 3 saturated heterocycles. The molecular formula is C25H31N5O3. The Morgan fingerprint density at radius 1 is 1.06 bits per heavy atom. The van der Waals surface area contributed by atoms with Crippen LogP contribution in [0.1, 0.15) is 18.4 Å². The summed E-state index contributed by atoms with van der Waals surface area (Å²) in [4.78, 5) is 34.3. The van der Waals surface area contributed by atoms with E-state index in [2.05, 4.69) is 33.3 Å². The van der Waals surface area contributed by atoms with E-state index in [1.165, 1.54) is 10.5 Å². The number of hydrogen-bond acceptors (Lipinski definition) is 6. The van der Waals surface area contributed by atoms with Gasteiger partial charge in [-0.25, -0.2) is 4.79 Å². The minimum atomic E-state index is -0.386. The number of anilines is 1. The Bertz CT molecular complexity index is 1020. The number of hydrogen-bond donors (Lipinski definition) is 1. The third kappa shape index (κ3) is 3.94. The van der Waals surface area contributed by atoms with Crippen molar-refractivity contribution >= 4 is 17.6 Å². The Hall–Kier alpha value is -3.10. The molecule has 0 aromatic heterocycles. The highest BCUT2D eigenvalue weighted by Crippen LogP contribution is 2.34. The maximum absolute atomic E-state index is 13.6. The number of fused-ring (bicyclic) bond motifs is 3. The molecule has 3 fully saturated rings. The van der Waals surface area contributed by atoms with E-state index in [0.29, 0.717) is 6.54 Å². The average molecular weight is 450 g/mol. The number of amides is 3. The maximum Gasteiger partial charge on any atom is 0.327 e. The van der Waals surface area contributed by atoms with Crippen LogP contribution in [0.5, 0.6) is 5.75 Å². The molecule has 3 aliphatic heterocycles. The van der Waals surface area contributed by atoms with Crippen molar-refractivity contribution in [1.82, 2.24) is 20.0 Å². The number of urea groups is 1. The second-order valence-corrected chi connectivity index (χ2v) is 8.89. The van der Waals surface area contributed by atoms with Gasteiger partial charge in [-0.3, -0.25) is 19.9 Å². The number of rotatable bonds is 6. The summed E-state index contributed by atoms with van der Waals surface area (Å²) in [5.41, 5.74) is 2.25. The lowest BCUT2D eigenvalue weighted by Crippen LogP contribution is -2.66. The number of methoxy groups -OCH3 is 1. The zero-order chi connectivity index (χ0) is 22.9. The number of likely N-dealkylation sites (N-methyl/N-ethyl adjacent to an activating group) is 1. The highest BCUT2D eigenvalue weighted by molar-refractivity contribution is 6.00. The molecule has 2 aromatic carbocycles. The van der Waals surface area contributed by atoms with Gasteiger partial charge in [-0.05, 0) is 37.0 Å². The summed E-state index contributed by atoms with van der Waals surface area (Å²) in [6, 6.07) is 17.5. The zero-order valence-corrected chi connectivity index (χ0v) is 19.2. The third-order valence-corrected chi connectivity index (χ3v) is 6.94. The number of nitrogens with one attached hydrogen (secondary N) is 1. The van der Waals surface area contributed by atoms with Gasteiger partial charge in [-0.15, -0.1) is 0 Å². The first-order chi connectivity index (χ1) is 16.1. The van der Waals surface area contributed by atoms with Crippen molar-refractivity contribution in [3.8, 4) is 5.75 Å². The molecule has 2 aromatic rings. The van der Waals surface area contributed by atoms with Crippen molar-refractivity contribution in [1.29, 1.82) is 0 Å². The summed E-state index contributed by atoms with van der Waals surface area (Å²) in [6.07, 6.45) is 2.04. The lowest BCUT2D eigenvalue weighted by Gasteiger charge is -2.44. The van der Waals surface area contributed by atoms with Gasteiger partial charge in [0.15, 0.2) is 0 Å². The molecule has 0 bridgehead atoms. The minimum absolute atomic E-state index is 0.0985. The van der Waals surface area contributed by atoms with Gasteiger partial charge < -0.3 is 14.5 Å². The standard InChI is InChI=1S/C25H31N5O3/c1-27-22-21(23(31)30(25(27)32)14-7-11-18-9-4-3-5-10-18)29-16-8-15-28(24(29)26-22)19-12-6-13-20(17-19)33-2/h3-6,9-10,12-13,17,21-22,24,26H,7-8,11,14-16H2,1-2H3. The Morgan fingerprint density at radius 3 is 2.67 bits per heavy atom. The van der Waals surface area contributed by atoms with Gasteiger partial charge in [-0.1, -0.05) is 36.4 Å². The van der Waals surface area contributed by atoms with Gasteiger partial charge in [0, 0.05) is 38.4 Å². The molecule has 3 unspecified atom stereocenters. The van der Waals surface area contributed by atoms with Crippen molar-refractivity contribution in [2.45, 2.75) is 37.8 Å². The molecule has 0 aliphatic carbocycles. The number of nitrogens with zero attached hydrogens (tertiary/aromatic N) is 4. The average Bonchev–Trinajstić information content (AvgIpc) is 3.25. The second-order valence-electron chi connectivity index (χ2n) is 8.89. The first-order valence-electron chi connectivity index (χ1n) is 11.6. The molecule has 174 valence electrons. The Morgan fingerprint density at radius 2 is 1.88 bits per heavy atom. The van der Waals surface area contributed by atoms with E-state index in [1.54, 1.807) is 19.1 Å². The first kappa shape index (κ1) is 21.7. The van der Waals surface area contributed by atoms with E-state index in [0.717, 1.165) is 43.8 Å². The van der Waals surface area contributed by atoms with Crippen LogP contribution in [0.3, 0.4) is 0 Å². The molecule has 3 amide bonds. The SMILES string of the molecule is COc1cccc(N2CCCN3C4C(=O)N(CCCc5ccccc5)C(=O)N(C)C4NC23)c1. The minimum Gasteiger partial charge on any atom is -0.497 e.